The van der Waals surface area contributed by atoms with Gasteiger partial charge < -0.3 is 15.8 Å². The highest BCUT2D eigenvalue weighted by molar-refractivity contribution is 5.85. The van der Waals surface area contributed by atoms with Crippen molar-refractivity contribution in [2.75, 3.05) is 6.61 Å². The van der Waals surface area contributed by atoms with E-state index in [4.69, 9.17) is 10.5 Å². The van der Waals surface area contributed by atoms with Crippen molar-refractivity contribution < 1.29 is 9.53 Å². The fourth-order valence-corrected chi connectivity index (χ4v) is 2.59. The Morgan fingerprint density at radius 2 is 2.05 bits per heavy atom. The highest BCUT2D eigenvalue weighted by Gasteiger charge is 2.26. The molecular weight excluding hydrogens is 288 g/mol. The smallest absolute Gasteiger partial charge is 0.224 e. The molecule has 1 fully saturated rings. The van der Waals surface area contributed by atoms with Crippen LogP contribution >= 0.6 is 12.4 Å². The monoisotopic (exact) mass is 312 g/mol. The first-order valence-electron chi connectivity index (χ1n) is 7.30. The highest BCUT2D eigenvalue weighted by atomic mass is 35.5. The molecular formula is C16H25ClN2O2. The van der Waals surface area contributed by atoms with Crippen molar-refractivity contribution in [3.8, 4) is 0 Å². The zero-order valence-corrected chi connectivity index (χ0v) is 13.4. The van der Waals surface area contributed by atoms with Gasteiger partial charge in [-0.1, -0.05) is 37.3 Å². The van der Waals surface area contributed by atoms with Crippen LogP contribution in [0, 0.1) is 5.92 Å². The summed E-state index contributed by atoms with van der Waals surface area (Å²) in [5.74, 6) is -0.212. The average molecular weight is 313 g/mol. The largest absolute Gasteiger partial charge is 0.378 e. The van der Waals surface area contributed by atoms with Crippen molar-refractivity contribution >= 4 is 18.3 Å². The molecule has 2 rings (SSSR count). The van der Waals surface area contributed by atoms with Crippen molar-refractivity contribution in [3.05, 3.63) is 35.9 Å². The Morgan fingerprint density at radius 3 is 2.67 bits per heavy atom. The molecule has 0 spiro atoms. The molecule has 4 nitrogen and oxygen atoms in total. The summed E-state index contributed by atoms with van der Waals surface area (Å²) in [6.45, 7) is 4.64. The van der Waals surface area contributed by atoms with Crippen molar-refractivity contribution in [3.63, 3.8) is 0 Å². The fraction of sp³-hybridized carbons (Fsp3) is 0.562. The van der Waals surface area contributed by atoms with Gasteiger partial charge in [0.25, 0.3) is 0 Å². The minimum atomic E-state index is -0.270. The maximum Gasteiger partial charge on any atom is 0.224 e. The van der Waals surface area contributed by atoms with Crippen LogP contribution in [0.2, 0.25) is 0 Å². The van der Waals surface area contributed by atoms with Crippen LogP contribution in [0.25, 0.3) is 0 Å². The molecule has 1 aromatic carbocycles. The van der Waals surface area contributed by atoms with Gasteiger partial charge in [0.2, 0.25) is 5.91 Å². The van der Waals surface area contributed by atoms with E-state index in [0.29, 0.717) is 6.61 Å². The molecule has 1 amide bonds. The number of hydrogen-bond acceptors (Lipinski definition) is 3. The van der Waals surface area contributed by atoms with Crippen LogP contribution in [-0.4, -0.2) is 24.7 Å². The number of halogens is 1. The van der Waals surface area contributed by atoms with Gasteiger partial charge in [0.1, 0.15) is 0 Å². The molecule has 1 aliphatic rings. The number of ether oxygens (including phenoxy) is 1. The lowest BCUT2D eigenvalue weighted by molar-refractivity contribution is -0.126. The summed E-state index contributed by atoms with van der Waals surface area (Å²) in [6.07, 6.45) is 1.97. The number of rotatable bonds is 4. The Morgan fingerprint density at radius 1 is 1.38 bits per heavy atom. The van der Waals surface area contributed by atoms with Gasteiger partial charge in [-0.15, -0.1) is 12.4 Å². The Bertz CT molecular complexity index is 441. The van der Waals surface area contributed by atoms with Crippen LogP contribution in [0.5, 0.6) is 0 Å². The van der Waals surface area contributed by atoms with E-state index < -0.39 is 0 Å². The molecule has 3 N–H and O–H groups in total. The molecule has 0 radical (unpaired) electrons. The molecule has 0 bridgehead atoms. The minimum Gasteiger partial charge on any atom is -0.378 e. The molecule has 1 saturated heterocycles. The number of nitrogens with two attached hydrogens (primary N) is 1. The van der Waals surface area contributed by atoms with Gasteiger partial charge in [0.15, 0.2) is 0 Å². The third-order valence-corrected chi connectivity index (χ3v) is 3.97. The fourth-order valence-electron chi connectivity index (χ4n) is 2.59. The third-order valence-electron chi connectivity index (χ3n) is 3.97. The number of carbonyl (C=O) groups is 1. The lowest BCUT2D eigenvalue weighted by atomic mass is 9.94. The standard InChI is InChI=1S/C16H24N2O2.ClH/c1-11-10-14(8-9-20-11)18-16(19)12(2)15(17)13-6-4-3-5-7-13;/h3-7,11-12,14-15H,8-10,17H2,1-2H3,(H,18,19);1H. The normalized spacial score (nSPS) is 24.5. The van der Waals surface area contributed by atoms with Gasteiger partial charge in [0, 0.05) is 18.7 Å². The summed E-state index contributed by atoms with van der Waals surface area (Å²) in [5, 5.41) is 3.10. The second-order valence-corrected chi connectivity index (χ2v) is 5.64. The number of nitrogens with one attached hydrogen (secondary N) is 1. The Hall–Kier alpha value is -1.10. The van der Waals surface area contributed by atoms with Gasteiger partial charge in [-0.25, -0.2) is 0 Å². The van der Waals surface area contributed by atoms with Crippen LogP contribution in [0.15, 0.2) is 30.3 Å². The molecule has 0 aromatic heterocycles. The van der Waals surface area contributed by atoms with Gasteiger partial charge in [-0.3, -0.25) is 4.79 Å². The van der Waals surface area contributed by atoms with Gasteiger partial charge in [0.05, 0.1) is 12.0 Å². The van der Waals surface area contributed by atoms with Crippen LogP contribution in [0.4, 0.5) is 0 Å². The van der Waals surface area contributed by atoms with E-state index in [1.54, 1.807) is 0 Å². The molecule has 1 aromatic rings. The first kappa shape index (κ1) is 18.0. The van der Waals surface area contributed by atoms with Crippen molar-refractivity contribution in [2.24, 2.45) is 11.7 Å². The second-order valence-electron chi connectivity index (χ2n) is 5.64. The summed E-state index contributed by atoms with van der Waals surface area (Å²) in [4.78, 5) is 12.3. The summed E-state index contributed by atoms with van der Waals surface area (Å²) < 4.78 is 5.49. The average Bonchev–Trinajstić information content (AvgIpc) is 2.46. The predicted octanol–water partition coefficient (Wildman–Crippen LogP) is 2.43. The molecule has 4 atom stereocenters. The quantitative estimate of drug-likeness (QED) is 0.897. The topological polar surface area (TPSA) is 64.4 Å². The van der Waals surface area contributed by atoms with Crippen LogP contribution < -0.4 is 11.1 Å². The summed E-state index contributed by atoms with van der Waals surface area (Å²) in [7, 11) is 0. The molecule has 21 heavy (non-hydrogen) atoms. The molecule has 0 saturated carbocycles. The Labute approximate surface area is 132 Å². The van der Waals surface area contributed by atoms with Crippen molar-refractivity contribution in [1.82, 2.24) is 5.32 Å². The molecule has 0 aliphatic carbocycles. The Kier molecular flexibility index (Phi) is 7.15. The van der Waals surface area contributed by atoms with Gasteiger partial charge >= 0.3 is 0 Å². The number of amides is 1. The SMILES string of the molecule is CC1CC(NC(=O)C(C)C(N)c2ccccc2)CCO1.Cl. The lowest BCUT2D eigenvalue weighted by Crippen LogP contribution is -2.45. The molecule has 1 heterocycles. The highest BCUT2D eigenvalue weighted by Crippen LogP contribution is 2.20. The maximum atomic E-state index is 12.3. The van der Waals surface area contributed by atoms with Crippen LogP contribution in [0.3, 0.4) is 0 Å². The zero-order chi connectivity index (χ0) is 14.5. The summed E-state index contributed by atoms with van der Waals surface area (Å²) in [6, 6.07) is 9.70. The number of hydrogen-bond donors (Lipinski definition) is 2. The van der Waals surface area contributed by atoms with E-state index in [-0.39, 0.29) is 42.4 Å². The van der Waals surface area contributed by atoms with Crippen molar-refractivity contribution in [1.29, 1.82) is 0 Å². The molecule has 1 aliphatic heterocycles. The Balaban J connectivity index is 0.00000220. The van der Waals surface area contributed by atoms with E-state index >= 15 is 0 Å². The molecule has 4 unspecified atom stereocenters. The molecule has 5 heteroatoms. The van der Waals surface area contributed by atoms with Crippen molar-refractivity contribution in [2.45, 2.75) is 44.9 Å². The first-order valence-corrected chi connectivity index (χ1v) is 7.30. The first-order chi connectivity index (χ1) is 9.58. The van der Waals surface area contributed by atoms with E-state index in [9.17, 15) is 4.79 Å². The van der Waals surface area contributed by atoms with E-state index in [1.165, 1.54) is 0 Å². The lowest BCUT2D eigenvalue weighted by Gasteiger charge is -2.29. The second kappa shape index (κ2) is 8.37. The molecule has 118 valence electrons. The van der Waals surface area contributed by atoms with E-state index in [1.807, 2.05) is 44.2 Å². The minimum absolute atomic E-state index is 0. The zero-order valence-electron chi connectivity index (χ0n) is 12.6. The summed E-state index contributed by atoms with van der Waals surface area (Å²) in [5.41, 5.74) is 7.18. The third kappa shape index (κ3) is 4.99. The van der Waals surface area contributed by atoms with Crippen LogP contribution in [-0.2, 0) is 9.53 Å². The van der Waals surface area contributed by atoms with E-state index in [0.717, 1.165) is 18.4 Å². The number of carbonyl (C=O) groups excluding carboxylic acids is 1. The number of benzene rings is 1. The summed E-state index contributed by atoms with van der Waals surface area (Å²) >= 11 is 0. The van der Waals surface area contributed by atoms with E-state index in [2.05, 4.69) is 5.32 Å². The van der Waals surface area contributed by atoms with Crippen LogP contribution in [0.1, 0.15) is 38.3 Å². The van der Waals surface area contributed by atoms with Gasteiger partial charge in [-0.05, 0) is 25.3 Å². The predicted molar refractivity (Wildman–Crippen MR) is 86.4 cm³/mol. The maximum absolute atomic E-state index is 12.3. The van der Waals surface area contributed by atoms with Gasteiger partial charge in [-0.2, -0.15) is 0 Å².